The van der Waals surface area contributed by atoms with Gasteiger partial charge in [0, 0.05) is 11.1 Å². The van der Waals surface area contributed by atoms with Crippen molar-refractivity contribution in [2.75, 3.05) is 0 Å². The molecule has 0 spiro atoms. The second kappa shape index (κ2) is 14.5. The summed E-state index contributed by atoms with van der Waals surface area (Å²) in [4.78, 5) is 5.39. The average molecular weight is 915 g/mol. The fourth-order valence-electron chi connectivity index (χ4n) is 18.5. The predicted molar refractivity (Wildman–Crippen MR) is 253 cm³/mol. The minimum atomic E-state index is -0.0820. The number of benzene rings is 4. The number of hydrogen-bond acceptors (Lipinski definition) is 3. The molecule has 0 radical (unpaired) electrons. The van der Waals surface area contributed by atoms with Gasteiger partial charge in [0.15, 0.2) is 0 Å². The van der Waals surface area contributed by atoms with Gasteiger partial charge in [-0.1, -0.05) is 143 Å². The molecular weight excluding hydrogens is 846 g/mol. The van der Waals surface area contributed by atoms with E-state index in [-0.39, 0.29) is 78.1 Å². The monoisotopic (exact) mass is 913 g/mol. The van der Waals surface area contributed by atoms with Crippen LogP contribution in [0.4, 0.5) is 0 Å². The van der Waals surface area contributed by atoms with Gasteiger partial charge in [-0.15, -0.1) is 0 Å². The Balaban J connectivity index is 0.00000153. The SMILES string of the molecule is Cc1cc(-c2ccccc2-c2cccc(-c3ccccc3-c3cc(C)cc(C45CC6(C)CC(C)(CC(C)(C6)C4)C5)c3[O-])n2)c([O-])c(C23CC4(C)CC(C)(CC(C)(C4)C2)C3)c1.[CH3][Zr+2][CH3]. The van der Waals surface area contributed by atoms with Crippen molar-refractivity contribution in [3.8, 4) is 56.3 Å². The van der Waals surface area contributed by atoms with Crippen LogP contribution in [0.2, 0.25) is 9.26 Å². The van der Waals surface area contributed by atoms with Crippen LogP contribution in [-0.4, -0.2) is 4.98 Å². The molecule has 8 aliphatic carbocycles. The van der Waals surface area contributed by atoms with Crippen LogP contribution in [0.25, 0.3) is 44.8 Å². The molecule has 0 unspecified atom stereocenters. The molecule has 0 aliphatic heterocycles. The third kappa shape index (κ3) is 7.25. The molecule has 3 nitrogen and oxygen atoms in total. The van der Waals surface area contributed by atoms with Crippen molar-refractivity contribution < 1.29 is 33.4 Å². The Kier molecular flexibility index (Phi) is 9.99. The van der Waals surface area contributed by atoms with E-state index in [4.69, 9.17) is 4.98 Å². The topological polar surface area (TPSA) is 59.0 Å². The molecule has 0 saturated heterocycles. The van der Waals surface area contributed by atoms with Crippen molar-refractivity contribution in [3.05, 3.63) is 113 Å². The van der Waals surface area contributed by atoms with Gasteiger partial charge < -0.3 is 10.2 Å². The summed E-state index contributed by atoms with van der Waals surface area (Å²) < 4.78 is 4.59. The van der Waals surface area contributed by atoms with E-state index in [1.807, 2.05) is 0 Å². The summed E-state index contributed by atoms with van der Waals surface area (Å²) in [5.74, 6) is 0.392. The summed E-state index contributed by atoms with van der Waals surface area (Å²) in [5, 5.41) is 30.2. The summed E-state index contributed by atoms with van der Waals surface area (Å²) in [5.41, 5.74) is 13.0. The summed E-state index contributed by atoms with van der Waals surface area (Å²) in [6.07, 6.45) is 14.3. The molecule has 0 N–H and O–H groups in total. The Morgan fingerprint density at radius 3 is 0.984 bits per heavy atom. The Morgan fingerprint density at radius 2 is 0.683 bits per heavy atom. The first kappa shape index (κ1) is 43.4. The molecule has 8 fully saturated rings. The number of hydrogen-bond donors (Lipinski definition) is 0. The third-order valence-corrected chi connectivity index (χ3v) is 17.1. The van der Waals surface area contributed by atoms with Crippen LogP contribution in [0.15, 0.2) is 91.0 Å². The van der Waals surface area contributed by atoms with Crippen molar-refractivity contribution in [3.63, 3.8) is 0 Å². The second-order valence-corrected chi connectivity index (χ2v) is 27.4. The van der Waals surface area contributed by atoms with Crippen molar-refractivity contribution >= 4 is 0 Å². The normalized spacial score (nSPS) is 35.6. The van der Waals surface area contributed by atoms with Crippen LogP contribution in [0, 0.1) is 46.3 Å². The van der Waals surface area contributed by atoms with Crippen LogP contribution in [0.1, 0.15) is 141 Å². The van der Waals surface area contributed by atoms with Gasteiger partial charge in [-0.3, -0.25) is 0 Å². The Labute approximate surface area is 390 Å². The van der Waals surface area contributed by atoms with E-state index in [2.05, 4.69) is 156 Å². The zero-order chi connectivity index (χ0) is 44.6. The molecule has 8 bridgehead atoms. The summed E-state index contributed by atoms with van der Waals surface area (Å²) in [6, 6.07) is 31.7. The molecular formula is C59H69NO2Zr. The van der Waals surface area contributed by atoms with Crippen molar-refractivity contribution in [2.45, 2.75) is 153 Å². The molecule has 5 aromatic rings. The van der Waals surface area contributed by atoms with Gasteiger partial charge in [0.1, 0.15) is 0 Å². The van der Waals surface area contributed by atoms with Crippen LogP contribution in [0.5, 0.6) is 11.5 Å². The maximum atomic E-state index is 15.1. The zero-order valence-electron chi connectivity index (χ0n) is 39.9. The molecule has 1 heterocycles. The fourth-order valence-corrected chi connectivity index (χ4v) is 18.5. The van der Waals surface area contributed by atoms with Gasteiger partial charge in [-0.2, -0.15) is 0 Å². The van der Waals surface area contributed by atoms with Gasteiger partial charge >= 0.3 is 32.5 Å². The standard InChI is InChI=1S/C57H65NO2.2CH3.Zr/c1-36-20-42(48(59)44(22-36)56-30-50(3)24-51(4,31-56)26-52(5,25-50)32-56)38-14-9-11-16-40(38)46-18-13-19-47(58-46)41-17-12-10-15-39(41)43-21-37(2)23-45(49(43)60)57-33-53(6)27-54(7,34-57)29-55(8,28-53)35-57;;;/h9-23,59-60H,24-35H2,1-8H3;2*1H3;/q;;;+2/p-2. The van der Waals surface area contributed by atoms with Gasteiger partial charge in [0.05, 0.1) is 11.4 Å². The Bertz CT molecular complexity index is 2370. The number of aryl methyl sites for hydroxylation is 2. The van der Waals surface area contributed by atoms with Crippen molar-refractivity contribution in [2.24, 2.45) is 32.5 Å². The number of aromatic nitrogens is 1. The van der Waals surface area contributed by atoms with Crippen LogP contribution in [-0.2, 0) is 34.1 Å². The molecule has 63 heavy (non-hydrogen) atoms. The molecule has 8 saturated carbocycles. The second-order valence-electron chi connectivity index (χ2n) is 24.9. The summed E-state index contributed by atoms with van der Waals surface area (Å²) in [7, 11) is 0. The first-order valence-electron chi connectivity index (χ1n) is 24.0. The van der Waals surface area contributed by atoms with E-state index >= 15 is 10.2 Å². The minimum absolute atomic E-state index is 0.0820. The number of nitrogens with zero attached hydrogens (tertiary/aromatic N) is 1. The van der Waals surface area contributed by atoms with Crippen LogP contribution < -0.4 is 10.2 Å². The Morgan fingerprint density at radius 1 is 0.397 bits per heavy atom. The van der Waals surface area contributed by atoms with E-state index in [1.165, 1.54) is 38.5 Å². The molecule has 4 heteroatoms. The molecule has 4 aromatic carbocycles. The van der Waals surface area contributed by atoms with E-state index in [9.17, 15) is 0 Å². The first-order chi connectivity index (χ1) is 29.7. The average Bonchev–Trinajstić information content (AvgIpc) is 3.16. The summed E-state index contributed by atoms with van der Waals surface area (Å²) >= 11 is 0.230. The fraction of sp³-hybridized carbons (Fsp3) is 0.508. The quantitative estimate of drug-likeness (QED) is 0.170. The molecule has 8 aliphatic rings. The maximum absolute atomic E-state index is 15.1. The molecule has 0 atom stereocenters. The van der Waals surface area contributed by atoms with Crippen molar-refractivity contribution in [1.82, 2.24) is 4.98 Å². The summed E-state index contributed by atoms with van der Waals surface area (Å²) in [6.45, 7) is 19.4. The molecule has 1 aromatic heterocycles. The molecule has 326 valence electrons. The predicted octanol–water partition coefficient (Wildman–Crippen LogP) is 15.0. The van der Waals surface area contributed by atoms with E-state index in [1.54, 1.807) is 0 Å². The van der Waals surface area contributed by atoms with Crippen molar-refractivity contribution in [1.29, 1.82) is 0 Å². The van der Waals surface area contributed by atoms with Gasteiger partial charge in [-0.25, -0.2) is 4.98 Å². The van der Waals surface area contributed by atoms with E-state index in [0.29, 0.717) is 0 Å². The number of pyridine rings is 1. The zero-order valence-corrected chi connectivity index (χ0v) is 42.4. The van der Waals surface area contributed by atoms with Crippen LogP contribution in [0.3, 0.4) is 0 Å². The first-order valence-corrected chi connectivity index (χ1v) is 29.0. The molecule has 0 amide bonds. The number of rotatable bonds is 6. The van der Waals surface area contributed by atoms with Gasteiger partial charge in [0.2, 0.25) is 0 Å². The van der Waals surface area contributed by atoms with E-state index < -0.39 is 0 Å². The van der Waals surface area contributed by atoms with Gasteiger partial charge in [-0.05, 0) is 180 Å². The van der Waals surface area contributed by atoms with Gasteiger partial charge in [0.25, 0.3) is 0 Å². The Hall–Kier alpha value is -3.49. The third-order valence-electron chi connectivity index (χ3n) is 17.1. The van der Waals surface area contributed by atoms with Crippen LogP contribution >= 0.6 is 0 Å². The van der Waals surface area contributed by atoms with E-state index in [0.717, 1.165) is 106 Å². The molecule has 13 rings (SSSR count).